The van der Waals surface area contributed by atoms with Crippen LogP contribution in [0.25, 0.3) is 0 Å². The van der Waals surface area contributed by atoms with Crippen molar-refractivity contribution in [1.29, 1.82) is 0 Å². The molecule has 5 heteroatoms. The molecule has 0 fully saturated rings. The van der Waals surface area contributed by atoms with Crippen LogP contribution in [0.1, 0.15) is 77.6 Å². The van der Waals surface area contributed by atoms with Crippen LogP contribution in [-0.2, 0) is 9.59 Å². The first-order valence-corrected chi connectivity index (χ1v) is 7.55. The van der Waals surface area contributed by atoms with E-state index in [4.69, 9.17) is 10.2 Å². The molecule has 0 atom stereocenters. The summed E-state index contributed by atoms with van der Waals surface area (Å²) < 4.78 is 0. The van der Waals surface area contributed by atoms with Gasteiger partial charge in [-0.25, -0.2) is 0 Å². The molecule has 20 heavy (non-hydrogen) atoms. The van der Waals surface area contributed by atoms with Gasteiger partial charge in [0, 0.05) is 0 Å². The van der Waals surface area contributed by atoms with E-state index in [0.717, 1.165) is 12.8 Å². The van der Waals surface area contributed by atoms with Gasteiger partial charge in [0.15, 0.2) is 5.92 Å². The van der Waals surface area contributed by atoms with Crippen molar-refractivity contribution in [2.45, 2.75) is 77.6 Å². The number of hydrogen-bond acceptors (Lipinski definition) is 2. The van der Waals surface area contributed by atoms with Crippen LogP contribution < -0.4 is 0 Å². The third kappa shape index (κ3) is 12.9. The van der Waals surface area contributed by atoms with Crippen LogP contribution >= 0.6 is 0 Å². The van der Waals surface area contributed by atoms with E-state index in [9.17, 15) is 9.59 Å². The normalized spacial score (nSPS) is 10.3. The third-order valence-corrected chi connectivity index (χ3v) is 3.44. The van der Waals surface area contributed by atoms with Gasteiger partial charge in [-0.05, 0) is 6.42 Å². The third-order valence-electron chi connectivity index (χ3n) is 3.44. The second-order valence-corrected chi connectivity index (χ2v) is 5.20. The molecule has 0 rings (SSSR count). The van der Waals surface area contributed by atoms with Crippen LogP contribution in [-0.4, -0.2) is 51.7 Å². The quantitative estimate of drug-likeness (QED) is 0.310. The molecule has 0 aliphatic carbocycles. The Morgan fingerprint density at radius 2 is 1.10 bits per heavy atom. The fourth-order valence-electron chi connectivity index (χ4n) is 2.19. The molecule has 0 saturated heterocycles. The van der Waals surface area contributed by atoms with E-state index in [1.807, 2.05) is 0 Å². The summed E-state index contributed by atoms with van der Waals surface area (Å²) >= 11 is 0. The van der Waals surface area contributed by atoms with Crippen molar-refractivity contribution in [2.75, 3.05) is 0 Å². The Labute approximate surface area is 144 Å². The van der Waals surface area contributed by atoms with Crippen molar-refractivity contribution in [3.05, 3.63) is 0 Å². The second-order valence-electron chi connectivity index (χ2n) is 5.20. The summed E-state index contributed by atoms with van der Waals surface area (Å²) in [6.07, 6.45) is 11.9. The molecule has 2 N–H and O–H groups in total. The Bertz CT molecular complexity index is 242. The van der Waals surface area contributed by atoms with E-state index in [2.05, 4.69) is 6.92 Å². The molecule has 0 aliphatic heterocycles. The van der Waals surface area contributed by atoms with Crippen LogP contribution in [0.2, 0.25) is 0 Å². The average molecular weight is 296 g/mol. The molecule has 0 unspecified atom stereocenters. The predicted octanol–water partition coefficient (Wildman–Crippen LogP) is 3.43. The Balaban J connectivity index is 0. The number of unbranched alkanes of at least 4 members (excludes halogenated alkanes) is 9. The summed E-state index contributed by atoms with van der Waals surface area (Å²) in [6.45, 7) is 2.21. The Morgan fingerprint density at radius 1 is 0.750 bits per heavy atom. The molecule has 4 nitrogen and oxygen atoms in total. The van der Waals surface area contributed by atoms with Gasteiger partial charge in [0.1, 0.15) is 0 Å². The minimum absolute atomic E-state index is 0. The van der Waals surface area contributed by atoms with Gasteiger partial charge in [-0.1, -0.05) is 71.1 Å². The fraction of sp³-hybridized carbons (Fsp3) is 0.867. The Kier molecular flexibility index (Phi) is 17.0. The number of carboxylic acid groups (broad SMARTS) is 2. The summed E-state index contributed by atoms with van der Waals surface area (Å²) in [5, 5.41) is 17.4. The maximum absolute atomic E-state index is 10.7. The number of aliphatic carboxylic acids is 2. The molecule has 0 saturated carbocycles. The second kappa shape index (κ2) is 15.3. The maximum atomic E-state index is 10.7. The van der Waals surface area contributed by atoms with Gasteiger partial charge in [0.2, 0.25) is 0 Å². The van der Waals surface area contributed by atoms with Gasteiger partial charge < -0.3 is 10.2 Å². The van der Waals surface area contributed by atoms with Gasteiger partial charge in [-0.15, -0.1) is 0 Å². The van der Waals surface area contributed by atoms with Crippen LogP contribution in [0.5, 0.6) is 0 Å². The van der Waals surface area contributed by atoms with Crippen molar-refractivity contribution in [1.82, 2.24) is 0 Å². The van der Waals surface area contributed by atoms with Crippen molar-refractivity contribution in [3.63, 3.8) is 0 Å². The predicted molar refractivity (Wildman–Crippen MR) is 82.4 cm³/mol. The van der Waals surface area contributed by atoms with Gasteiger partial charge in [-0.3, -0.25) is 9.59 Å². The van der Waals surface area contributed by atoms with Gasteiger partial charge in [-0.2, -0.15) is 0 Å². The van der Waals surface area contributed by atoms with Crippen LogP contribution in [0, 0.1) is 5.92 Å². The van der Waals surface area contributed by atoms with Crippen LogP contribution in [0.15, 0.2) is 0 Å². The van der Waals surface area contributed by atoms with E-state index in [1.165, 1.54) is 44.9 Å². The van der Waals surface area contributed by atoms with E-state index < -0.39 is 17.9 Å². The number of rotatable bonds is 13. The Hall–Kier alpha value is -0.0600. The summed E-state index contributed by atoms with van der Waals surface area (Å²) in [5.41, 5.74) is 0. The first-order chi connectivity index (χ1) is 9.09. The van der Waals surface area contributed by atoms with Crippen molar-refractivity contribution in [2.24, 2.45) is 5.92 Å². The van der Waals surface area contributed by atoms with Crippen LogP contribution in [0.4, 0.5) is 0 Å². The van der Waals surface area contributed by atoms with Crippen molar-refractivity contribution < 1.29 is 19.8 Å². The summed E-state index contributed by atoms with van der Waals surface area (Å²) in [4.78, 5) is 21.3. The van der Waals surface area contributed by atoms with Crippen molar-refractivity contribution in [3.8, 4) is 0 Å². The van der Waals surface area contributed by atoms with Crippen molar-refractivity contribution >= 4 is 41.5 Å². The van der Waals surface area contributed by atoms with Gasteiger partial charge in [0.25, 0.3) is 0 Å². The zero-order valence-corrected chi connectivity index (χ0v) is 12.1. The molecule has 0 spiro atoms. The molecular formula is C15H29NaO4. The molecule has 0 aromatic carbocycles. The van der Waals surface area contributed by atoms with E-state index in [1.54, 1.807) is 0 Å². The first kappa shape index (κ1) is 22.2. The summed E-state index contributed by atoms with van der Waals surface area (Å²) in [6, 6.07) is 0. The van der Waals surface area contributed by atoms with E-state index in [-0.39, 0.29) is 36.0 Å². The zero-order valence-electron chi connectivity index (χ0n) is 12.1. The molecule has 114 valence electrons. The van der Waals surface area contributed by atoms with Crippen LogP contribution in [0.3, 0.4) is 0 Å². The SMILES string of the molecule is CCCCCCCCCCCCC(C(=O)O)C(=O)O.[NaH]. The van der Waals surface area contributed by atoms with E-state index in [0.29, 0.717) is 6.42 Å². The first-order valence-electron chi connectivity index (χ1n) is 7.55. The molecule has 0 radical (unpaired) electrons. The molecule has 0 aliphatic rings. The minimum atomic E-state index is -1.23. The number of hydrogen-bond donors (Lipinski definition) is 2. The molecule has 0 aromatic rings. The molecular weight excluding hydrogens is 267 g/mol. The molecule has 0 bridgehead atoms. The topological polar surface area (TPSA) is 74.6 Å². The monoisotopic (exact) mass is 296 g/mol. The van der Waals surface area contributed by atoms with Gasteiger partial charge in [0.05, 0.1) is 0 Å². The fourth-order valence-corrected chi connectivity index (χ4v) is 2.19. The Morgan fingerprint density at radius 3 is 1.45 bits per heavy atom. The molecule has 0 aromatic heterocycles. The average Bonchev–Trinajstić information content (AvgIpc) is 2.35. The molecule has 0 amide bonds. The van der Waals surface area contributed by atoms with Gasteiger partial charge >= 0.3 is 41.5 Å². The summed E-state index contributed by atoms with van der Waals surface area (Å²) in [7, 11) is 0. The number of carbonyl (C=O) groups is 2. The standard InChI is InChI=1S/C15H28O4.Na.H/c1-2-3-4-5-6-7-8-9-10-11-12-13(14(16)17)15(18)19;;/h13H,2-12H2,1H3,(H,16,17)(H,18,19);;. The number of carboxylic acids is 2. The van der Waals surface area contributed by atoms with E-state index >= 15 is 0 Å². The summed E-state index contributed by atoms with van der Waals surface area (Å²) in [5.74, 6) is -3.67. The zero-order chi connectivity index (χ0) is 14.5. The molecule has 0 heterocycles.